The predicted molar refractivity (Wildman–Crippen MR) is 86.0 cm³/mol. The second-order valence-corrected chi connectivity index (χ2v) is 7.99. The quantitative estimate of drug-likeness (QED) is 0.787. The molecular weight excluding hydrogens is 302 g/mol. The Labute approximate surface area is 130 Å². The van der Waals surface area contributed by atoms with Crippen molar-refractivity contribution in [2.45, 2.75) is 6.42 Å². The molecule has 2 aromatic heterocycles. The predicted octanol–water partition coefficient (Wildman–Crippen LogP) is 0.286. The first-order valence-electron chi connectivity index (χ1n) is 7.47. The molecule has 0 atom stereocenters. The highest BCUT2D eigenvalue weighted by molar-refractivity contribution is 7.90. The SMILES string of the molecule is CS(=O)(=O)CCCN1CCN(c2ccc3nccn3n2)CC1. The zero-order valence-electron chi connectivity index (χ0n) is 12.7. The number of imidazole rings is 1. The van der Waals surface area contributed by atoms with Crippen LogP contribution in [0.2, 0.25) is 0 Å². The summed E-state index contributed by atoms with van der Waals surface area (Å²) in [6.45, 7) is 4.54. The van der Waals surface area contributed by atoms with E-state index in [4.69, 9.17) is 0 Å². The molecule has 0 saturated carbocycles. The fourth-order valence-corrected chi connectivity index (χ4v) is 3.38. The second-order valence-electron chi connectivity index (χ2n) is 5.73. The van der Waals surface area contributed by atoms with Crippen LogP contribution in [0.4, 0.5) is 5.82 Å². The van der Waals surface area contributed by atoms with Crippen LogP contribution < -0.4 is 4.90 Å². The highest BCUT2D eigenvalue weighted by atomic mass is 32.2. The number of fused-ring (bicyclic) bond motifs is 1. The summed E-state index contributed by atoms with van der Waals surface area (Å²) in [4.78, 5) is 8.77. The van der Waals surface area contributed by atoms with Gasteiger partial charge in [-0.05, 0) is 25.1 Å². The lowest BCUT2D eigenvalue weighted by Gasteiger charge is -2.35. The van der Waals surface area contributed by atoms with Gasteiger partial charge in [0.25, 0.3) is 0 Å². The third kappa shape index (κ3) is 3.75. The summed E-state index contributed by atoms with van der Waals surface area (Å²) in [5, 5.41) is 4.56. The van der Waals surface area contributed by atoms with Gasteiger partial charge in [-0.15, -0.1) is 5.10 Å². The molecule has 0 aromatic carbocycles. The van der Waals surface area contributed by atoms with Gasteiger partial charge in [0.2, 0.25) is 0 Å². The maximum Gasteiger partial charge on any atom is 0.153 e. The molecule has 8 heteroatoms. The fourth-order valence-electron chi connectivity index (χ4n) is 2.72. The van der Waals surface area contributed by atoms with Crippen molar-refractivity contribution < 1.29 is 8.42 Å². The Balaban J connectivity index is 1.53. The van der Waals surface area contributed by atoms with E-state index in [9.17, 15) is 8.42 Å². The normalized spacial score (nSPS) is 17.2. The standard InChI is InChI=1S/C14H21N5O2S/c1-22(20,21)12-2-6-17-8-10-18(11-9-17)14-4-3-13-15-5-7-19(13)16-14/h3-5,7H,2,6,8-12H2,1H3. The molecule has 1 fully saturated rings. The molecule has 0 amide bonds. The average molecular weight is 323 g/mol. The molecule has 0 aliphatic carbocycles. The summed E-state index contributed by atoms with van der Waals surface area (Å²) in [5.41, 5.74) is 0.850. The first-order valence-corrected chi connectivity index (χ1v) is 9.53. The Hall–Kier alpha value is -1.67. The molecule has 3 heterocycles. The zero-order valence-corrected chi connectivity index (χ0v) is 13.5. The molecule has 1 aliphatic heterocycles. The minimum atomic E-state index is -2.85. The van der Waals surface area contributed by atoms with Crippen LogP contribution in [0.5, 0.6) is 0 Å². The summed E-state index contributed by atoms with van der Waals surface area (Å²) in [7, 11) is -2.85. The molecule has 0 N–H and O–H groups in total. The summed E-state index contributed by atoms with van der Waals surface area (Å²) < 4.78 is 24.1. The van der Waals surface area contributed by atoms with E-state index in [0.717, 1.165) is 44.2 Å². The van der Waals surface area contributed by atoms with Gasteiger partial charge in [0, 0.05) is 44.8 Å². The third-order valence-corrected chi connectivity index (χ3v) is 4.96. The highest BCUT2D eigenvalue weighted by Gasteiger charge is 2.18. The van der Waals surface area contributed by atoms with Gasteiger partial charge in [0.1, 0.15) is 15.7 Å². The molecule has 22 heavy (non-hydrogen) atoms. The molecule has 120 valence electrons. The summed E-state index contributed by atoms with van der Waals surface area (Å²) in [6, 6.07) is 3.97. The van der Waals surface area contributed by atoms with Crippen molar-refractivity contribution in [3.8, 4) is 0 Å². The number of hydrogen-bond donors (Lipinski definition) is 0. The fraction of sp³-hybridized carbons (Fsp3) is 0.571. The smallest absolute Gasteiger partial charge is 0.153 e. The number of nitrogens with zero attached hydrogens (tertiary/aromatic N) is 5. The minimum absolute atomic E-state index is 0.270. The van der Waals surface area contributed by atoms with Gasteiger partial charge in [-0.3, -0.25) is 4.90 Å². The van der Waals surface area contributed by atoms with Gasteiger partial charge in [-0.25, -0.2) is 17.9 Å². The Morgan fingerprint density at radius 3 is 2.68 bits per heavy atom. The van der Waals surface area contributed by atoms with Gasteiger partial charge in [0.15, 0.2) is 5.65 Å². The highest BCUT2D eigenvalue weighted by Crippen LogP contribution is 2.14. The number of piperazine rings is 1. The summed E-state index contributed by atoms with van der Waals surface area (Å²) in [6.07, 6.45) is 5.59. The topological polar surface area (TPSA) is 70.8 Å². The van der Waals surface area contributed by atoms with Crippen LogP contribution in [0.1, 0.15) is 6.42 Å². The first-order chi connectivity index (χ1) is 10.5. The van der Waals surface area contributed by atoms with E-state index in [1.807, 2.05) is 18.3 Å². The zero-order chi connectivity index (χ0) is 15.6. The average Bonchev–Trinajstić information content (AvgIpc) is 2.94. The number of sulfone groups is 1. The van der Waals surface area contributed by atoms with Gasteiger partial charge in [-0.2, -0.15) is 0 Å². The van der Waals surface area contributed by atoms with Crippen molar-refractivity contribution in [3.63, 3.8) is 0 Å². The Morgan fingerprint density at radius 2 is 1.95 bits per heavy atom. The van der Waals surface area contributed by atoms with Crippen LogP contribution in [-0.2, 0) is 9.84 Å². The molecular formula is C14H21N5O2S. The monoisotopic (exact) mass is 323 g/mol. The molecule has 0 bridgehead atoms. The van der Waals surface area contributed by atoms with Crippen LogP contribution in [-0.4, -0.2) is 72.6 Å². The Kier molecular flexibility index (Phi) is 4.30. The maximum absolute atomic E-state index is 11.2. The van der Waals surface area contributed by atoms with E-state index in [0.29, 0.717) is 6.42 Å². The molecule has 2 aromatic rings. The van der Waals surface area contributed by atoms with Crippen molar-refractivity contribution >= 4 is 21.3 Å². The maximum atomic E-state index is 11.2. The van der Waals surface area contributed by atoms with Crippen LogP contribution in [0, 0.1) is 0 Å². The minimum Gasteiger partial charge on any atom is -0.353 e. The van der Waals surface area contributed by atoms with Crippen LogP contribution in [0.15, 0.2) is 24.5 Å². The molecule has 0 spiro atoms. The number of rotatable bonds is 5. The van der Waals surface area contributed by atoms with E-state index >= 15 is 0 Å². The molecule has 7 nitrogen and oxygen atoms in total. The Morgan fingerprint density at radius 1 is 1.18 bits per heavy atom. The van der Waals surface area contributed by atoms with E-state index in [1.165, 1.54) is 6.26 Å². The van der Waals surface area contributed by atoms with E-state index in [1.54, 1.807) is 10.7 Å². The van der Waals surface area contributed by atoms with Crippen molar-refractivity contribution in [2.75, 3.05) is 49.6 Å². The van der Waals surface area contributed by atoms with Crippen LogP contribution in [0.25, 0.3) is 5.65 Å². The van der Waals surface area contributed by atoms with Gasteiger partial charge in [0.05, 0.1) is 5.75 Å². The molecule has 0 radical (unpaired) electrons. The van der Waals surface area contributed by atoms with Crippen molar-refractivity contribution in [2.24, 2.45) is 0 Å². The number of hydrogen-bond acceptors (Lipinski definition) is 6. The number of aromatic nitrogens is 3. The van der Waals surface area contributed by atoms with Gasteiger partial charge < -0.3 is 4.90 Å². The second kappa shape index (κ2) is 6.21. The van der Waals surface area contributed by atoms with Crippen molar-refractivity contribution in [3.05, 3.63) is 24.5 Å². The van der Waals surface area contributed by atoms with Crippen molar-refractivity contribution in [1.29, 1.82) is 0 Å². The largest absolute Gasteiger partial charge is 0.353 e. The van der Waals surface area contributed by atoms with Crippen molar-refractivity contribution in [1.82, 2.24) is 19.5 Å². The van der Waals surface area contributed by atoms with E-state index < -0.39 is 9.84 Å². The molecule has 1 saturated heterocycles. The van der Waals surface area contributed by atoms with E-state index in [-0.39, 0.29) is 5.75 Å². The first kappa shape index (κ1) is 15.2. The lowest BCUT2D eigenvalue weighted by molar-refractivity contribution is 0.258. The van der Waals surface area contributed by atoms with Crippen LogP contribution in [0.3, 0.4) is 0 Å². The third-order valence-electron chi connectivity index (χ3n) is 3.93. The van der Waals surface area contributed by atoms with Gasteiger partial charge >= 0.3 is 0 Å². The lowest BCUT2D eigenvalue weighted by Crippen LogP contribution is -2.47. The lowest BCUT2D eigenvalue weighted by atomic mass is 10.3. The van der Waals surface area contributed by atoms with Crippen LogP contribution >= 0.6 is 0 Å². The molecule has 0 unspecified atom stereocenters. The molecule has 1 aliphatic rings. The number of anilines is 1. The van der Waals surface area contributed by atoms with E-state index in [2.05, 4.69) is 19.9 Å². The van der Waals surface area contributed by atoms with Gasteiger partial charge in [-0.1, -0.05) is 0 Å². The molecule has 3 rings (SSSR count). The Bertz CT molecular complexity index is 735. The summed E-state index contributed by atoms with van der Waals surface area (Å²) >= 11 is 0. The summed E-state index contributed by atoms with van der Waals surface area (Å²) in [5.74, 6) is 1.23.